The summed E-state index contributed by atoms with van der Waals surface area (Å²) in [5.74, 6) is 0.0845. The maximum absolute atomic E-state index is 12.6. The fourth-order valence-corrected chi connectivity index (χ4v) is 4.31. The molecule has 0 heterocycles. The van der Waals surface area contributed by atoms with Crippen LogP contribution in [0.5, 0.6) is 0 Å². The summed E-state index contributed by atoms with van der Waals surface area (Å²) in [5, 5.41) is 9.15. The summed E-state index contributed by atoms with van der Waals surface area (Å²) in [6, 6.07) is 28.2. The molecule has 0 spiro atoms. The zero-order valence-corrected chi connectivity index (χ0v) is 15.6. The lowest BCUT2D eigenvalue weighted by molar-refractivity contribution is 0.575. The summed E-state index contributed by atoms with van der Waals surface area (Å²) in [5.41, 5.74) is 2.42. The molecule has 1 N–H and O–H groups in total. The van der Waals surface area contributed by atoms with E-state index in [9.17, 15) is 8.42 Å². The van der Waals surface area contributed by atoms with Crippen molar-refractivity contribution in [1.82, 2.24) is 4.72 Å². The third-order valence-electron chi connectivity index (χ3n) is 4.43. The minimum Gasteiger partial charge on any atom is -0.211 e. The average molecular weight is 376 g/mol. The summed E-state index contributed by atoms with van der Waals surface area (Å²) >= 11 is 0. The smallest absolute Gasteiger partial charge is 0.211 e. The lowest BCUT2D eigenvalue weighted by Crippen LogP contribution is -2.26. The third kappa shape index (κ3) is 4.62. The van der Waals surface area contributed by atoms with Gasteiger partial charge in [-0.2, -0.15) is 5.26 Å². The first kappa shape index (κ1) is 18.8. The molecule has 0 aromatic heterocycles. The van der Waals surface area contributed by atoms with Crippen LogP contribution in [-0.2, 0) is 10.0 Å². The molecule has 3 aromatic rings. The second-order valence-electron chi connectivity index (χ2n) is 6.17. The van der Waals surface area contributed by atoms with Crippen LogP contribution >= 0.6 is 0 Å². The number of hydrogen-bond acceptors (Lipinski definition) is 3. The first-order valence-corrected chi connectivity index (χ1v) is 10.2. The molecule has 0 atom stereocenters. The first-order chi connectivity index (χ1) is 13.1. The van der Waals surface area contributed by atoms with Crippen molar-refractivity contribution >= 4 is 10.0 Å². The van der Waals surface area contributed by atoms with E-state index in [0.717, 1.165) is 11.1 Å². The summed E-state index contributed by atoms with van der Waals surface area (Å²) < 4.78 is 27.8. The molecule has 0 amide bonds. The van der Waals surface area contributed by atoms with E-state index < -0.39 is 10.0 Å². The molecule has 0 aliphatic rings. The van der Waals surface area contributed by atoms with Crippen LogP contribution in [0.3, 0.4) is 0 Å². The van der Waals surface area contributed by atoms with Gasteiger partial charge in [-0.25, -0.2) is 13.1 Å². The van der Waals surface area contributed by atoms with Gasteiger partial charge in [0.25, 0.3) is 0 Å². The van der Waals surface area contributed by atoms with E-state index >= 15 is 0 Å². The second-order valence-corrected chi connectivity index (χ2v) is 7.90. The molecule has 136 valence electrons. The minimum atomic E-state index is -3.74. The van der Waals surface area contributed by atoms with Gasteiger partial charge < -0.3 is 0 Å². The Morgan fingerprint density at radius 1 is 0.815 bits per heavy atom. The molecule has 3 rings (SSSR count). The van der Waals surface area contributed by atoms with Crippen LogP contribution in [0.4, 0.5) is 0 Å². The van der Waals surface area contributed by atoms with Gasteiger partial charge in [-0.3, -0.25) is 0 Å². The van der Waals surface area contributed by atoms with Crippen LogP contribution in [0.2, 0.25) is 0 Å². The highest BCUT2D eigenvalue weighted by Crippen LogP contribution is 2.27. The van der Waals surface area contributed by atoms with E-state index in [1.165, 1.54) is 12.1 Å². The van der Waals surface area contributed by atoms with Gasteiger partial charge in [-0.05, 0) is 29.7 Å². The molecule has 3 aromatic carbocycles. The lowest BCUT2D eigenvalue weighted by Gasteiger charge is -2.18. The van der Waals surface area contributed by atoms with E-state index in [4.69, 9.17) is 5.26 Å². The number of benzene rings is 3. The number of nitriles is 1. The highest BCUT2D eigenvalue weighted by atomic mass is 32.2. The molecule has 0 aliphatic heterocycles. The highest BCUT2D eigenvalue weighted by Gasteiger charge is 2.19. The van der Waals surface area contributed by atoms with Crippen LogP contribution in [0.25, 0.3) is 0 Å². The topological polar surface area (TPSA) is 70.0 Å². The quantitative estimate of drug-likeness (QED) is 0.676. The number of rotatable bonds is 7. The zero-order chi connectivity index (χ0) is 19.1. The molecule has 0 saturated carbocycles. The maximum Gasteiger partial charge on any atom is 0.241 e. The molecule has 0 radical (unpaired) electrons. The van der Waals surface area contributed by atoms with Gasteiger partial charge in [0.2, 0.25) is 10.0 Å². The minimum absolute atomic E-state index is 0.0171. The zero-order valence-electron chi connectivity index (χ0n) is 14.7. The number of sulfonamides is 1. The Kier molecular flexibility index (Phi) is 6.02. The lowest BCUT2D eigenvalue weighted by atomic mass is 9.89. The van der Waals surface area contributed by atoms with Crippen molar-refractivity contribution in [3.05, 3.63) is 102 Å². The Bertz CT molecular complexity index is 987. The van der Waals surface area contributed by atoms with Crippen molar-refractivity contribution < 1.29 is 8.42 Å². The molecule has 5 heteroatoms. The van der Waals surface area contributed by atoms with Crippen LogP contribution in [0.1, 0.15) is 29.0 Å². The standard InChI is InChI=1S/C22H20N2O2S/c23-17-20-13-7-8-14-22(20)27(25,26)24-16-15-21(18-9-3-1-4-10-18)19-11-5-2-6-12-19/h1-14,21,24H,15-16H2. The Morgan fingerprint density at radius 2 is 1.33 bits per heavy atom. The van der Waals surface area contributed by atoms with Crippen LogP contribution in [0, 0.1) is 11.3 Å². The number of nitrogens with one attached hydrogen (secondary N) is 1. The van der Waals surface area contributed by atoms with Gasteiger partial charge in [0.05, 0.1) is 10.5 Å². The van der Waals surface area contributed by atoms with Crippen molar-refractivity contribution in [2.24, 2.45) is 0 Å². The molecule has 0 aliphatic carbocycles. The molecular weight excluding hydrogens is 356 g/mol. The van der Waals surface area contributed by atoms with Crippen LogP contribution < -0.4 is 4.72 Å². The fraction of sp³-hybridized carbons (Fsp3) is 0.136. The summed E-state index contributed by atoms with van der Waals surface area (Å²) in [6.07, 6.45) is 0.613. The van der Waals surface area contributed by atoms with E-state index in [0.29, 0.717) is 6.42 Å². The first-order valence-electron chi connectivity index (χ1n) is 8.70. The van der Waals surface area contributed by atoms with Gasteiger partial charge >= 0.3 is 0 Å². The van der Waals surface area contributed by atoms with Crippen LogP contribution in [0.15, 0.2) is 89.8 Å². The summed E-state index contributed by atoms with van der Waals surface area (Å²) in [6.45, 7) is 0.274. The normalized spacial score (nSPS) is 11.3. The van der Waals surface area contributed by atoms with Gasteiger partial charge in [-0.1, -0.05) is 72.8 Å². The van der Waals surface area contributed by atoms with Crippen molar-refractivity contribution in [2.45, 2.75) is 17.2 Å². The fourth-order valence-electron chi connectivity index (χ4n) is 3.11. The predicted molar refractivity (Wildman–Crippen MR) is 106 cm³/mol. The largest absolute Gasteiger partial charge is 0.241 e. The second kappa shape index (κ2) is 8.63. The van der Waals surface area contributed by atoms with Crippen molar-refractivity contribution in [3.8, 4) is 6.07 Å². The Morgan fingerprint density at radius 3 is 1.89 bits per heavy atom. The van der Waals surface area contributed by atoms with Gasteiger partial charge in [0.15, 0.2) is 0 Å². The van der Waals surface area contributed by atoms with E-state index in [2.05, 4.69) is 29.0 Å². The average Bonchev–Trinajstić information content (AvgIpc) is 2.72. The predicted octanol–water partition coefficient (Wildman–Crippen LogP) is 4.06. The molecule has 0 bridgehead atoms. The van der Waals surface area contributed by atoms with Crippen molar-refractivity contribution in [2.75, 3.05) is 6.54 Å². The van der Waals surface area contributed by atoms with Crippen LogP contribution in [-0.4, -0.2) is 15.0 Å². The summed E-state index contributed by atoms with van der Waals surface area (Å²) in [7, 11) is -3.74. The Balaban J connectivity index is 1.78. The van der Waals surface area contributed by atoms with Gasteiger partial charge in [-0.15, -0.1) is 0 Å². The Hall–Kier alpha value is -2.94. The number of nitrogens with zero attached hydrogens (tertiary/aromatic N) is 1. The highest BCUT2D eigenvalue weighted by molar-refractivity contribution is 7.89. The molecule has 0 unspecified atom stereocenters. The molecule has 27 heavy (non-hydrogen) atoms. The van der Waals surface area contributed by atoms with Crippen molar-refractivity contribution in [1.29, 1.82) is 5.26 Å². The van der Waals surface area contributed by atoms with E-state index in [1.54, 1.807) is 12.1 Å². The third-order valence-corrected chi connectivity index (χ3v) is 5.95. The Labute approximate surface area is 160 Å². The molecule has 0 fully saturated rings. The molecule has 0 saturated heterocycles. The maximum atomic E-state index is 12.6. The van der Waals surface area contributed by atoms with Gasteiger partial charge in [0.1, 0.15) is 6.07 Å². The molecule has 4 nitrogen and oxygen atoms in total. The SMILES string of the molecule is N#Cc1ccccc1S(=O)(=O)NCCC(c1ccccc1)c1ccccc1. The summed E-state index contributed by atoms with van der Waals surface area (Å²) in [4.78, 5) is 0.0171. The monoisotopic (exact) mass is 376 g/mol. The van der Waals surface area contributed by atoms with E-state index in [-0.39, 0.29) is 22.9 Å². The van der Waals surface area contributed by atoms with E-state index in [1.807, 2.05) is 42.5 Å². The molecular formula is C22H20N2O2S. The van der Waals surface area contributed by atoms with Gasteiger partial charge in [0, 0.05) is 12.5 Å². The van der Waals surface area contributed by atoms with Crippen molar-refractivity contribution in [3.63, 3.8) is 0 Å². The number of hydrogen-bond donors (Lipinski definition) is 1.